The molecule has 17 heavy (non-hydrogen) atoms. The number of hydrogen-bond acceptors (Lipinski definition) is 1. The summed E-state index contributed by atoms with van der Waals surface area (Å²) in [6, 6.07) is 5.45. The van der Waals surface area contributed by atoms with Crippen LogP contribution in [-0.2, 0) is 6.42 Å². The minimum Gasteiger partial charge on any atom is -0.314 e. The van der Waals surface area contributed by atoms with Crippen molar-refractivity contribution in [3.8, 4) is 0 Å². The first-order chi connectivity index (χ1) is 8.17. The zero-order chi connectivity index (χ0) is 12.7. The Morgan fingerprint density at radius 3 is 2.65 bits per heavy atom. The Kier molecular flexibility index (Phi) is 6.53. The van der Waals surface area contributed by atoms with Crippen LogP contribution in [0.2, 0.25) is 5.02 Å². The molecule has 0 fully saturated rings. The molecule has 1 atom stereocenters. The molecule has 1 aromatic rings. The van der Waals surface area contributed by atoms with Crippen molar-refractivity contribution in [1.82, 2.24) is 5.32 Å². The summed E-state index contributed by atoms with van der Waals surface area (Å²) in [6.07, 6.45) is 4.32. The molecule has 0 aliphatic carbocycles. The van der Waals surface area contributed by atoms with Crippen LogP contribution in [0.4, 0.5) is 4.39 Å². The van der Waals surface area contributed by atoms with E-state index < -0.39 is 0 Å². The molecule has 0 radical (unpaired) electrons. The summed E-state index contributed by atoms with van der Waals surface area (Å²) in [5.74, 6) is -0.344. The van der Waals surface area contributed by atoms with E-state index in [4.69, 9.17) is 11.6 Å². The Hall–Kier alpha value is -0.600. The van der Waals surface area contributed by atoms with Crippen LogP contribution < -0.4 is 5.32 Å². The highest BCUT2D eigenvalue weighted by atomic mass is 35.5. The van der Waals surface area contributed by atoms with Gasteiger partial charge in [-0.25, -0.2) is 4.39 Å². The zero-order valence-corrected chi connectivity index (χ0v) is 11.4. The third-order valence-electron chi connectivity index (χ3n) is 2.79. The molecule has 1 N–H and O–H groups in total. The van der Waals surface area contributed by atoms with Gasteiger partial charge >= 0.3 is 0 Å². The molecule has 3 heteroatoms. The molecule has 0 bridgehead atoms. The summed E-state index contributed by atoms with van der Waals surface area (Å²) in [7, 11) is 0. The van der Waals surface area contributed by atoms with Gasteiger partial charge in [0.2, 0.25) is 0 Å². The Morgan fingerprint density at radius 2 is 2.06 bits per heavy atom. The third kappa shape index (κ3) is 5.05. The molecule has 0 heterocycles. The fourth-order valence-corrected chi connectivity index (χ4v) is 2.13. The van der Waals surface area contributed by atoms with Gasteiger partial charge in [-0.2, -0.15) is 0 Å². The smallest absolute Gasteiger partial charge is 0.141 e. The molecule has 1 nitrogen and oxygen atoms in total. The van der Waals surface area contributed by atoms with Gasteiger partial charge in [0.15, 0.2) is 0 Å². The van der Waals surface area contributed by atoms with E-state index in [-0.39, 0.29) is 10.8 Å². The lowest BCUT2D eigenvalue weighted by molar-refractivity contribution is 0.472. The van der Waals surface area contributed by atoms with Crippen LogP contribution in [0.25, 0.3) is 0 Å². The molecule has 1 unspecified atom stereocenters. The van der Waals surface area contributed by atoms with Crippen molar-refractivity contribution < 1.29 is 4.39 Å². The van der Waals surface area contributed by atoms with E-state index in [0.717, 1.165) is 37.8 Å². The van der Waals surface area contributed by atoms with Crippen LogP contribution in [-0.4, -0.2) is 12.6 Å². The van der Waals surface area contributed by atoms with Crippen LogP contribution >= 0.6 is 11.6 Å². The fourth-order valence-electron chi connectivity index (χ4n) is 1.92. The lowest BCUT2D eigenvalue weighted by atomic mass is 10.0. The van der Waals surface area contributed by atoms with Crippen molar-refractivity contribution >= 4 is 11.6 Å². The first kappa shape index (κ1) is 14.5. The maximum atomic E-state index is 13.0. The summed E-state index contributed by atoms with van der Waals surface area (Å²) in [4.78, 5) is 0. The van der Waals surface area contributed by atoms with E-state index in [0.29, 0.717) is 6.04 Å². The lowest BCUT2D eigenvalue weighted by Crippen LogP contribution is -2.31. The Balaban J connectivity index is 2.61. The van der Waals surface area contributed by atoms with Gasteiger partial charge in [0.25, 0.3) is 0 Å². The van der Waals surface area contributed by atoms with Gasteiger partial charge in [-0.3, -0.25) is 0 Å². The quantitative estimate of drug-likeness (QED) is 0.772. The molecule has 96 valence electrons. The van der Waals surface area contributed by atoms with E-state index in [1.54, 1.807) is 6.07 Å². The van der Waals surface area contributed by atoms with Crippen molar-refractivity contribution in [2.24, 2.45) is 0 Å². The molecule has 1 aromatic carbocycles. The summed E-state index contributed by atoms with van der Waals surface area (Å²) in [6.45, 7) is 5.36. The number of benzene rings is 1. The van der Waals surface area contributed by atoms with Gasteiger partial charge < -0.3 is 5.32 Å². The topological polar surface area (TPSA) is 12.0 Å². The van der Waals surface area contributed by atoms with Crippen LogP contribution in [0.5, 0.6) is 0 Å². The van der Waals surface area contributed by atoms with Gasteiger partial charge in [0, 0.05) is 6.04 Å². The van der Waals surface area contributed by atoms with Crippen molar-refractivity contribution in [2.45, 2.75) is 45.6 Å². The van der Waals surface area contributed by atoms with E-state index in [1.165, 1.54) is 6.07 Å². The normalized spacial score (nSPS) is 12.7. The predicted octanol–water partition coefficient (Wildman–Crippen LogP) is 4.19. The summed E-state index contributed by atoms with van der Waals surface area (Å²) in [5, 5.41) is 3.73. The van der Waals surface area contributed by atoms with Crippen LogP contribution in [0.1, 0.15) is 38.7 Å². The Labute approximate surface area is 108 Å². The highest BCUT2D eigenvalue weighted by Gasteiger charge is 2.09. The maximum absolute atomic E-state index is 13.0. The number of hydrogen-bond donors (Lipinski definition) is 1. The Bertz CT molecular complexity index is 341. The number of nitrogens with one attached hydrogen (secondary N) is 1. The van der Waals surface area contributed by atoms with Crippen LogP contribution in [0.15, 0.2) is 18.2 Å². The highest BCUT2D eigenvalue weighted by molar-refractivity contribution is 6.30. The standard InChI is InChI=1S/C14H21ClFN/c1-3-5-12(17-8-4-2)9-11-6-7-14(16)13(15)10-11/h6-7,10,12,17H,3-5,8-9H2,1-2H3. The van der Waals surface area contributed by atoms with E-state index in [2.05, 4.69) is 19.2 Å². The molecule has 0 saturated carbocycles. The monoisotopic (exact) mass is 257 g/mol. The lowest BCUT2D eigenvalue weighted by Gasteiger charge is -2.18. The van der Waals surface area contributed by atoms with Crippen molar-refractivity contribution in [3.05, 3.63) is 34.6 Å². The SMILES string of the molecule is CCCNC(CCC)Cc1ccc(F)c(Cl)c1. The van der Waals surface area contributed by atoms with Crippen LogP contribution in [0.3, 0.4) is 0 Å². The summed E-state index contributed by atoms with van der Waals surface area (Å²) in [5.41, 5.74) is 1.10. The average Bonchev–Trinajstić information content (AvgIpc) is 2.31. The first-order valence-electron chi connectivity index (χ1n) is 6.34. The average molecular weight is 258 g/mol. The molecule has 0 aliphatic heterocycles. The molecular weight excluding hydrogens is 237 g/mol. The predicted molar refractivity (Wildman–Crippen MR) is 72.1 cm³/mol. The molecule has 0 amide bonds. The van der Waals surface area contributed by atoms with Gasteiger partial charge in [0.1, 0.15) is 5.82 Å². The molecule has 0 spiro atoms. The second-order valence-electron chi connectivity index (χ2n) is 4.39. The van der Waals surface area contributed by atoms with Gasteiger partial charge in [-0.15, -0.1) is 0 Å². The van der Waals surface area contributed by atoms with E-state index in [9.17, 15) is 4.39 Å². The molecule has 0 aliphatic rings. The largest absolute Gasteiger partial charge is 0.314 e. The summed E-state index contributed by atoms with van der Waals surface area (Å²) >= 11 is 5.78. The van der Waals surface area contributed by atoms with E-state index >= 15 is 0 Å². The third-order valence-corrected chi connectivity index (χ3v) is 3.08. The van der Waals surface area contributed by atoms with Crippen molar-refractivity contribution in [3.63, 3.8) is 0 Å². The van der Waals surface area contributed by atoms with Crippen molar-refractivity contribution in [1.29, 1.82) is 0 Å². The molecule has 0 saturated heterocycles. The van der Waals surface area contributed by atoms with Crippen molar-refractivity contribution in [2.75, 3.05) is 6.54 Å². The fraction of sp³-hybridized carbons (Fsp3) is 0.571. The second-order valence-corrected chi connectivity index (χ2v) is 4.80. The zero-order valence-electron chi connectivity index (χ0n) is 10.6. The minimum atomic E-state index is -0.344. The molecule has 0 aromatic heterocycles. The first-order valence-corrected chi connectivity index (χ1v) is 6.72. The second kappa shape index (κ2) is 7.67. The number of halogens is 2. The maximum Gasteiger partial charge on any atom is 0.141 e. The van der Waals surface area contributed by atoms with Crippen LogP contribution in [0, 0.1) is 5.82 Å². The van der Waals surface area contributed by atoms with Gasteiger partial charge in [-0.05, 0) is 43.5 Å². The minimum absolute atomic E-state index is 0.216. The van der Waals surface area contributed by atoms with E-state index in [1.807, 2.05) is 6.07 Å². The number of rotatable bonds is 7. The van der Waals surface area contributed by atoms with Gasteiger partial charge in [-0.1, -0.05) is 37.9 Å². The Morgan fingerprint density at radius 1 is 1.29 bits per heavy atom. The molecule has 1 rings (SSSR count). The highest BCUT2D eigenvalue weighted by Crippen LogP contribution is 2.17. The van der Waals surface area contributed by atoms with Gasteiger partial charge in [0.05, 0.1) is 5.02 Å². The summed E-state index contributed by atoms with van der Waals surface area (Å²) < 4.78 is 13.0. The molecular formula is C14H21ClFN.